The first-order chi connectivity index (χ1) is 9.19. The Morgan fingerprint density at radius 3 is 3.00 bits per heavy atom. The molecule has 0 saturated carbocycles. The average Bonchev–Trinajstić information content (AvgIpc) is 3.06. The Hall–Kier alpha value is -2.68. The van der Waals surface area contributed by atoms with Crippen molar-refractivity contribution in [3.05, 3.63) is 24.3 Å². The molecule has 0 fully saturated rings. The molecule has 0 atom stereocenters. The minimum atomic E-state index is -0.236. The second kappa shape index (κ2) is 5.13. The lowest BCUT2D eigenvalue weighted by atomic mass is 10.3. The molecular formula is C10H11ClN8O. The lowest BCUT2D eigenvalue weighted by molar-refractivity contribution is 0.0963. The molecule has 104 valence electrons. The van der Waals surface area contributed by atoms with Gasteiger partial charge in [0, 0.05) is 13.2 Å². The van der Waals surface area contributed by atoms with Gasteiger partial charge in [-0.15, -0.1) is 12.4 Å². The number of halogens is 1. The van der Waals surface area contributed by atoms with E-state index < -0.39 is 0 Å². The van der Waals surface area contributed by atoms with Gasteiger partial charge >= 0.3 is 0 Å². The number of hydrogen-bond acceptors (Lipinski definition) is 6. The summed E-state index contributed by atoms with van der Waals surface area (Å²) in [5.41, 5.74) is 7.21. The first kappa shape index (κ1) is 13.7. The van der Waals surface area contributed by atoms with Crippen LogP contribution in [0.15, 0.2) is 18.7 Å². The van der Waals surface area contributed by atoms with Crippen molar-refractivity contribution in [3.8, 4) is 5.95 Å². The summed E-state index contributed by atoms with van der Waals surface area (Å²) in [6.07, 6.45) is 4.43. The highest BCUT2D eigenvalue weighted by atomic mass is 35.5. The zero-order valence-corrected chi connectivity index (χ0v) is 11.2. The molecule has 3 rings (SSSR count). The molecule has 1 amide bonds. The van der Waals surface area contributed by atoms with Gasteiger partial charge in [0.2, 0.25) is 0 Å². The summed E-state index contributed by atoms with van der Waals surface area (Å²) in [5, 5.41) is 6.53. The van der Waals surface area contributed by atoms with E-state index in [1.807, 2.05) is 0 Å². The number of nitrogens with one attached hydrogen (secondary N) is 2. The van der Waals surface area contributed by atoms with Crippen LogP contribution in [0, 0.1) is 0 Å². The fourth-order valence-electron chi connectivity index (χ4n) is 1.64. The SMILES string of the molecule is CNC(=O)c1cnn(-c2nc(N)c3[nH]cnc3n2)c1.Cl. The number of nitrogens with two attached hydrogens (primary N) is 1. The van der Waals surface area contributed by atoms with Crippen LogP contribution in [0.3, 0.4) is 0 Å². The Morgan fingerprint density at radius 1 is 1.45 bits per heavy atom. The van der Waals surface area contributed by atoms with E-state index in [1.165, 1.54) is 23.4 Å². The van der Waals surface area contributed by atoms with E-state index in [2.05, 4.69) is 30.4 Å². The first-order valence-corrected chi connectivity index (χ1v) is 5.43. The molecule has 0 unspecified atom stereocenters. The highest BCUT2D eigenvalue weighted by molar-refractivity contribution is 5.93. The molecule has 0 aliphatic rings. The van der Waals surface area contributed by atoms with Crippen molar-refractivity contribution in [3.63, 3.8) is 0 Å². The smallest absolute Gasteiger partial charge is 0.254 e. The zero-order valence-electron chi connectivity index (χ0n) is 10.4. The van der Waals surface area contributed by atoms with E-state index in [4.69, 9.17) is 5.73 Å². The molecule has 0 aliphatic heterocycles. The number of rotatable bonds is 2. The summed E-state index contributed by atoms with van der Waals surface area (Å²) in [6.45, 7) is 0. The van der Waals surface area contributed by atoms with Gasteiger partial charge in [0.15, 0.2) is 11.5 Å². The van der Waals surface area contributed by atoms with Crippen molar-refractivity contribution in [2.75, 3.05) is 12.8 Å². The summed E-state index contributed by atoms with van der Waals surface area (Å²) in [5.74, 6) is 0.293. The number of H-pyrrole nitrogens is 1. The number of carbonyl (C=O) groups excluding carboxylic acids is 1. The van der Waals surface area contributed by atoms with Crippen LogP contribution >= 0.6 is 12.4 Å². The Balaban J connectivity index is 0.00000147. The van der Waals surface area contributed by atoms with Gasteiger partial charge in [-0.1, -0.05) is 0 Å². The van der Waals surface area contributed by atoms with Crippen LogP contribution in [0.1, 0.15) is 10.4 Å². The summed E-state index contributed by atoms with van der Waals surface area (Å²) in [4.78, 5) is 26.6. The predicted molar refractivity (Wildman–Crippen MR) is 73.9 cm³/mol. The van der Waals surface area contributed by atoms with Gasteiger partial charge < -0.3 is 16.0 Å². The third-order valence-electron chi connectivity index (χ3n) is 2.58. The Kier molecular flexibility index (Phi) is 3.53. The molecule has 0 radical (unpaired) electrons. The third-order valence-corrected chi connectivity index (χ3v) is 2.58. The second-order valence-corrected chi connectivity index (χ2v) is 3.76. The van der Waals surface area contributed by atoms with Gasteiger partial charge in [-0.25, -0.2) is 9.67 Å². The van der Waals surface area contributed by atoms with Crippen molar-refractivity contribution in [2.24, 2.45) is 0 Å². The van der Waals surface area contributed by atoms with Crippen LogP contribution < -0.4 is 11.1 Å². The highest BCUT2D eigenvalue weighted by Gasteiger charge is 2.12. The van der Waals surface area contributed by atoms with Gasteiger partial charge in [0.25, 0.3) is 11.9 Å². The molecule has 0 spiro atoms. The molecule has 0 saturated heterocycles. The highest BCUT2D eigenvalue weighted by Crippen LogP contribution is 2.14. The van der Waals surface area contributed by atoms with E-state index in [9.17, 15) is 4.79 Å². The molecule has 10 heteroatoms. The van der Waals surface area contributed by atoms with E-state index in [1.54, 1.807) is 7.05 Å². The fraction of sp³-hybridized carbons (Fsp3) is 0.100. The molecule has 20 heavy (non-hydrogen) atoms. The van der Waals surface area contributed by atoms with Crippen molar-refractivity contribution >= 4 is 35.3 Å². The Bertz CT molecular complexity index is 764. The molecule has 3 aromatic rings. The number of anilines is 1. The molecule has 0 aromatic carbocycles. The van der Waals surface area contributed by atoms with Crippen LogP contribution in [0.25, 0.3) is 17.1 Å². The second-order valence-electron chi connectivity index (χ2n) is 3.76. The van der Waals surface area contributed by atoms with Crippen molar-refractivity contribution in [1.29, 1.82) is 0 Å². The van der Waals surface area contributed by atoms with Gasteiger partial charge in [0.1, 0.15) is 5.52 Å². The molecule has 3 aromatic heterocycles. The number of hydrogen-bond donors (Lipinski definition) is 3. The third kappa shape index (κ3) is 2.14. The fourth-order valence-corrected chi connectivity index (χ4v) is 1.64. The van der Waals surface area contributed by atoms with Gasteiger partial charge in [0.05, 0.1) is 18.1 Å². The van der Waals surface area contributed by atoms with E-state index in [0.29, 0.717) is 16.7 Å². The van der Waals surface area contributed by atoms with Crippen molar-refractivity contribution in [2.45, 2.75) is 0 Å². The Labute approximate surface area is 119 Å². The molecule has 3 heterocycles. The van der Waals surface area contributed by atoms with E-state index in [0.717, 1.165) is 0 Å². The molecular weight excluding hydrogens is 284 g/mol. The maximum absolute atomic E-state index is 11.4. The number of nitrogen functional groups attached to an aromatic ring is 1. The normalized spacial score (nSPS) is 10.2. The lowest BCUT2D eigenvalue weighted by Crippen LogP contribution is -2.17. The molecule has 0 bridgehead atoms. The zero-order chi connectivity index (χ0) is 13.4. The lowest BCUT2D eigenvalue weighted by Gasteiger charge is -2.00. The number of carbonyl (C=O) groups is 1. The number of amides is 1. The molecule has 4 N–H and O–H groups in total. The number of fused-ring (bicyclic) bond motifs is 1. The monoisotopic (exact) mass is 294 g/mol. The largest absolute Gasteiger partial charge is 0.382 e. The predicted octanol–water partition coefficient (Wildman–Crippen LogP) is -0.0978. The summed E-state index contributed by atoms with van der Waals surface area (Å²) >= 11 is 0. The number of nitrogens with zero attached hydrogens (tertiary/aromatic N) is 5. The number of aromatic nitrogens is 6. The van der Waals surface area contributed by atoms with Gasteiger partial charge in [-0.2, -0.15) is 15.1 Å². The van der Waals surface area contributed by atoms with Crippen LogP contribution in [0.4, 0.5) is 5.82 Å². The van der Waals surface area contributed by atoms with Crippen molar-refractivity contribution < 1.29 is 4.79 Å². The van der Waals surface area contributed by atoms with Gasteiger partial charge in [-0.05, 0) is 0 Å². The minimum absolute atomic E-state index is 0. The van der Waals surface area contributed by atoms with E-state index in [-0.39, 0.29) is 30.1 Å². The average molecular weight is 295 g/mol. The van der Waals surface area contributed by atoms with E-state index >= 15 is 0 Å². The van der Waals surface area contributed by atoms with Crippen molar-refractivity contribution in [1.82, 2.24) is 35.0 Å². The Morgan fingerprint density at radius 2 is 2.25 bits per heavy atom. The summed E-state index contributed by atoms with van der Waals surface area (Å²) < 4.78 is 1.37. The maximum Gasteiger partial charge on any atom is 0.254 e. The maximum atomic E-state index is 11.4. The minimum Gasteiger partial charge on any atom is -0.382 e. The quantitative estimate of drug-likeness (QED) is 0.605. The van der Waals surface area contributed by atoms with Crippen LogP contribution in [-0.2, 0) is 0 Å². The summed E-state index contributed by atoms with van der Waals surface area (Å²) in [7, 11) is 1.55. The number of aromatic amines is 1. The standard InChI is InChI=1S/C10H10N8O.ClH/c1-12-9(19)5-2-15-18(3-5)10-16-7(11)6-8(17-10)14-4-13-6;/h2-4H,1H3,(H,12,19)(H3,11,13,14,16,17);1H. The molecule has 9 nitrogen and oxygen atoms in total. The van der Waals surface area contributed by atoms with Crippen LogP contribution in [0.5, 0.6) is 0 Å². The number of imidazole rings is 1. The first-order valence-electron chi connectivity index (χ1n) is 5.43. The van der Waals surface area contributed by atoms with Gasteiger partial charge in [-0.3, -0.25) is 4.79 Å². The van der Waals surface area contributed by atoms with Crippen LogP contribution in [-0.4, -0.2) is 42.7 Å². The van der Waals surface area contributed by atoms with Crippen LogP contribution in [0.2, 0.25) is 0 Å². The molecule has 0 aliphatic carbocycles. The summed E-state index contributed by atoms with van der Waals surface area (Å²) in [6, 6.07) is 0. The topological polar surface area (TPSA) is 127 Å².